The molecule has 4 nitrogen and oxygen atoms in total. The topological polar surface area (TPSA) is 62.5 Å². The molecule has 1 heterocycles. The molecule has 0 aliphatic heterocycles. The number of benzene rings is 1. The molecule has 1 aliphatic rings. The number of carbonyl (C=O) groups excluding carboxylic acids is 1. The van der Waals surface area contributed by atoms with Gasteiger partial charge in [-0.05, 0) is 68.0 Å². The van der Waals surface area contributed by atoms with Crippen LogP contribution in [-0.2, 0) is 5.60 Å². The van der Waals surface area contributed by atoms with E-state index in [0.717, 1.165) is 24.0 Å². The molecular formula is C18H21NO3. The number of hydrogen-bond acceptors (Lipinski definition) is 3. The van der Waals surface area contributed by atoms with E-state index < -0.39 is 5.60 Å². The number of carbonyl (C=O) groups is 1. The van der Waals surface area contributed by atoms with Gasteiger partial charge in [-0.25, -0.2) is 0 Å². The first kappa shape index (κ1) is 14.9. The van der Waals surface area contributed by atoms with E-state index in [1.54, 1.807) is 24.5 Å². The predicted octanol–water partition coefficient (Wildman–Crippen LogP) is 2.92. The highest BCUT2D eigenvalue weighted by Crippen LogP contribution is 2.45. The Morgan fingerprint density at radius 2 is 2.09 bits per heavy atom. The lowest BCUT2D eigenvalue weighted by molar-refractivity contribution is -0.00610. The van der Waals surface area contributed by atoms with Gasteiger partial charge in [0.15, 0.2) is 0 Å². The van der Waals surface area contributed by atoms with E-state index in [1.807, 2.05) is 26.0 Å². The second kappa shape index (κ2) is 5.61. The third kappa shape index (κ3) is 2.79. The van der Waals surface area contributed by atoms with Gasteiger partial charge >= 0.3 is 0 Å². The Kier molecular flexibility index (Phi) is 3.79. The zero-order valence-corrected chi connectivity index (χ0v) is 12.9. The van der Waals surface area contributed by atoms with Crippen molar-refractivity contribution in [2.24, 2.45) is 5.92 Å². The van der Waals surface area contributed by atoms with Gasteiger partial charge in [0.05, 0.1) is 12.8 Å². The molecule has 0 radical (unpaired) electrons. The van der Waals surface area contributed by atoms with Crippen LogP contribution in [-0.4, -0.2) is 17.6 Å². The molecule has 1 fully saturated rings. The molecule has 1 atom stereocenters. The summed E-state index contributed by atoms with van der Waals surface area (Å²) in [5.41, 5.74) is 1.73. The van der Waals surface area contributed by atoms with Crippen molar-refractivity contribution in [2.45, 2.75) is 32.3 Å². The lowest BCUT2D eigenvalue weighted by Crippen LogP contribution is -2.42. The zero-order valence-electron chi connectivity index (χ0n) is 12.9. The normalized spacial score (nSPS) is 17.0. The number of aryl methyl sites for hydroxylation is 2. The lowest BCUT2D eigenvalue weighted by atomic mass is 9.94. The second-order valence-electron chi connectivity index (χ2n) is 6.16. The van der Waals surface area contributed by atoms with Crippen molar-refractivity contribution in [3.05, 3.63) is 59.0 Å². The number of furan rings is 1. The van der Waals surface area contributed by atoms with E-state index in [1.165, 1.54) is 0 Å². The predicted molar refractivity (Wildman–Crippen MR) is 83.6 cm³/mol. The van der Waals surface area contributed by atoms with Crippen molar-refractivity contribution >= 4 is 5.91 Å². The van der Waals surface area contributed by atoms with Crippen molar-refractivity contribution in [2.75, 3.05) is 6.54 Å². The van der Waals surface area contributed by atoms with Gasteiger partial charge < -0.3 is 14.8 Å². The van der Waals surface area contributed by atoms with E-state index in [0.29, 0.717) is 11.3 Å². The van der Waals surface area contributed by atoms with E-state index in [4.69, 9.17) is 4.42 Å². The first-order chi connectivity index (χ1) is 10.5. The first-order valence-electron chi connectivity index (χ1n) is 7.62. The van der Waals surface area contributed by atoms with Crippen molar-refractivity contribution in [3.63, 3.8) is 0 Å². The Labute approximate surface area is 130 Å². The summed E-state index contributed by atoms with van der Waals surface area (Å²) in [6.45, 7) is 4.16. The molecule has 4 heteroatoms. The van der Waals surface area contributed by atoms with Crippen molar-refractivity contribution in [3.8, 4) is 0 Å². The molecule has 1 aromatic carbocycles. The maximum atomic E-state index is 12.3. The summed E-state index contributed by atoms with van der Waals surface area (Å²) >= 11 is 0. The number of nitrogens with one attached hydrogen (secondary N) is 1. The summed E-state index contributed by atoms with van der Waals surface area (Å²) in [5.74, 6) is 0.503. The summed E-state index contributed by atoms with van der Waals surface area (Å²) in [5, 5.41) is 13.7. The van der Waals surface area contributed by atoms with E-state index in [2.05, 4.69) is 5.32 Å². The molecule has 1 unspecified atom stereocenters. The highest BCUT2D eigenvalue weighted by molar-refractivity contribution is 5.94. The fourth-order valence-electron chi connectivity index (χ4n) is 2.72. The summed E-state index contributed by atoms with van der Waals surface area (Å²) < 4.78 is 5.37. The third-order valence-electron chi connectivity index (χ3n) is 4.49. The Morgan fingerprint density at radius 3 is 2.68 bits per heavy atom. The number of hydrogen-bond donors (Lipinski definition) is 2. The van der Waals surface area contributed by atoms with Gasteiger partial charge in [-0.2, -0.15) is 0 Å². The van der Waals surface area contributed by atoms with E-state index in [9.17, 15) is 9.90 Å². The fraction of sp³-hybridized carbons (Fsp3) is 0.389. The zero-order chi connectivity index (χ0) is 15.7. The van der Waals surface area contributed by atoms with Crippen LogP contribution in [0.5, 0.6) is 0 Å². The number of amides is 1. The summed E-state index contributed by atoms with van der Waals surface area (Å²) in [6.07, 6.45) is 3.46. The largest absolute Gasteiger partial charge is 0.466 e. The minimum atomic E-state index is -1.11. The SMILES string of the molecule is Cc1ccc(C(=O)NCC(O)(c2ccco2)C2CC2)cc1C. The Hall–Kier alpha value is -2.07. The first-order valence-corrected chi connectivity index (χ1v) is 7.62. The average molecular weight is 299 g/mol. The molecule has 0 spiro atoms. The molecule has 2 aromatic rings. The molecule has 1 amide bonds. The smallest absolute Gasteiger partial charge is 0.251 e. The molecule has 3 rings (SSSR count). The van der Waals surface area contributed by atoms with E-state index >= 15 is 0 Å². The molecule has 116 valence electrons. The van der Waals surface area contributed by atoms with Gasteiger partial charge in [0, 0.05) is 5.56 Å². The number of aliphatic hydroxyl groups is 1. The minimum Gasteiger partial charge on any atom is -0.466 e. The second-order valence-corrected chi connectivity index (χ2v) is 6.16. The van der Waals surface area contributed by atoms with Crippen LogP contribution in [0, 0.1) is 19.8 Å². The van der Waals surface area contributed by atoms with Gasteiger partial charge in [0.25, 0.3) is 5.91 Å². The monoisotopic (exact) mass is 299 g/mol. The van der Waals surface area contributed by atoms with Crippen molar-refractivity contribution in [1.29, 1.82) is 0 Å². The highest BCUT2D eigenvalue weighted by Gasteiger charge is 2.47. The third-order valence-corrected chi connectivity index (χ3v) is 4.49. The van der Waals surface area contributed by atoms with Gasteiger partial charge in [-0.15, -0.1) is 0 Å². The molecule has 1 aromatic heterocycles. The van der Waals surface area contributed by atoms with Crippen molar-refractivity contribution < 1.29 is 14.3 Å². The minimum absolute atomic E-state index is 0.152. The molecule has 0 bridgehead atoms. The molecule has 2 N–H and O–H groups in total. The Morgan fingerprint density at radius 1 is 1.32 bits per heavy atom. The van der Waals surface area contributed by atoms with Gasteiger partial charge in [-0.3, -0.25) is 4.79 Å². The fourth-order valence-corrected chi connectivity index (χ4v) is 2.72. The van der Waals surface area contributed by atoms with Gasteiger partial charge in [-0.1, -0.05) is 6.07 Å². The van der Waals surface area contributed by atoms with Gasteiger partial charge in [0.2, 0.25) is 0 Å². The summed E-state index contributed by atoms with van der Waals surface area (Å²) in [6, 6.07) is 9.13. The lowest BCUT2D eigenvalue weighted by Gasteiger charge is -2.26. The van der Waals surface area contributed by atoms with Gasteiger partial charge in [0.1, 0.15) is 11.4 Å². The average Bonchev–Trinajstić information content (AvgIpc) is 3.22. The van der Waals surface area contributed by atoms with Crippen LogP contribution in [0.1, 0.15) is 40.1 Å². The highest BCUT2D eigenvalue weighted by atomic mass is 16.4. The Bertz CT molecular complexity index is 674. The number of rotatable bonds is 5. The van der Waals surface area contributed by atoms with Crippen LogP contribution in [0.2, 0.25) is 0 Å². The van der Waals surface area contributed by atoms with Crippen LogP contribution in [0.3, 0.4) is 0 Å². The van der Waals surface area contributed by atoms with Crippen LogP contribution < -0.4 is 5.32 Å². The Balaban J connectivity index is 1.72. The maximum Gasteiger partial charge on any atom is 0.251 e. The molecular weight excluding hydrogens is 278 g/mol. The van der Waals surface area contributed by atoms with Crippen molar-refractivity contribution in [1.82, 2.24) is 5.32 Å². The van der Waals surface area contributed by atoms with E-state index in [-0.39, 0.29) is 18.4 Å². The van der Waals surface area contributed by atoms with Crippen LogP contribution >= 0.6 is 0 Å². The molecule has 1 saturated carbocycles. The standard InChI is InChI=1S/C18H21NO3/c1-12-5-6-14(10-13(12)2)17(20)19-11-18(21,15-7-8-15)16-4-3-9-22-16/h3-6,9-10,15,21H,7-8,11H2,1-2H3,(H,19,20). The van der Waals surface area contributed by atoms with Crippen LogP contribution in [0.4, 0.5) is 0 Å². The summed E-state index contributed by atoms with van der Waals surface area (Å²) in [7, 11) is 0. The maximum absolute atomic E-state index is 12.3. The quantitative estimate of drug-likeness (QED) is 0.892. The molecule has 1 aliphatic carbocycles. The summed E-state index contributed by atoms with van der Waals surface area (Å²) in [4.78, 5) is 12.3. The molecule has 0 saturated heterocycles. The molecule has 22 heavy (non-hydrogen) atoms. The van der Waals surface area contributed by atoms with Crippen LogP contribution in [0.15, 0.2) is 41.0 Å². The van der Waals surface area contributed by atoms with Crippen LogP contribution in [0.25, 0.3) is 0 Å².